The minimum Gasteiger partial charge on any atom is -0.394 e. The smallest absolute Gasteiger partial charge is 0.394 e. The van der Waals surface area contributed by atoms with E-state index in [1.54, 1.807) is 0 Å². The highest BCUT2D eigenvalue weighted by Gasteiger charge is 2.48. The van der Waals surface area contributed by atoms with Gasteiger partial charge in [-0.1, -0.05) is 123 Å². The minimum absolute atomic E-state index is 0.262. The summed E-state index contributed by atoms with van der Waals surface area (Å²) in [7, 11) is -5.09. The lowest BCUT2D eigenvalue weighted by molar-refractivity contribution is -0.298. The largest absolute Gasteiger partial charge is 0.397 e. The van der Waals surface area contributed by atoms with E-state index in [-0.39, 0.29) is 6.42 Å². The van der Waals surface area contributed by atoms with Crippen molar-refractivity contribution < 1.29 is 57.0 Å². The third-order valence-corrected chi connectivity index (χ3v) is 8.99. The summed E-state index contributed by atoms with van der Waals surface area (Å²) in [4.78, 5) is 12.9. The number of carbonyl (C=O) groups is 1. The van der Waals surface area contributed by atoms with Crippen LogP contribution in [0.4, 0.5) is 0 Å². The molecule has 1 saturated heterocycles. The molecule has 1 aliphatic heterocycles. The molecule has 1 amide bonds. The predicted octanol–water partition coefficient (Wildman–Crippen LogP) is 3.29. The zero-order chi connectivity index (χ0) is 34.4. The van der Waals surface area contributed by atoms with E-state index in [4.69, 9.17) is 14.0 Å². The number of rotatable bonds is 28. The molecule has 1 heterocycles. The fraction of sp³-hybridized carbons (Fsp3) is 0.969. The Morgan fingerprint density at radius 2 is 1.26 bits per heavy atom. The van der Waals surface area contributed by atoms with Gasteiger partial charge in [0.15, 0.2) is 6.29 Å². The average Bonchev–Trinajstić information content (AvgIpc) is 3.01. The van der Waals surface area contributed by atoms with Crippen molar-refractivity contribution >= 4 is 16.3 Å². The van der Waals surface area contributed by atoms with Crippen molar-refractivity contribution in [3.63, 3.8) is 0 Å². The highest BCUT2D eigenvalue weighted by atomic mass is 32.3. The van der Waals surface area contributed by atoms with Gasteiger partial charge in [0, 0.05) is 0 Å². The van der Waals surface area contributed by atoms with E-state index in [2.05, 4.69) is 23.3 Å². The first-order valence-corrected chi connectivity index (χ1v) is 18.9. The number of aliphatic hydroxyl groups is 5. The fourth-order valence-electron chi connectivity index (χ4n) is 5.64. The number of amides is 1. The van der Waals surface area contributed by atoms with Gasteiger partial charge in [0.25, 0.3) is 0 Å². The van der Waals surface area contributed by atoms with Crippen LogP contribution in [0.2, 0.25) is 0 Å². The van der Waals surface area contributed by atoms with Gasteiger partial charge in [-0.3, -0.25) is 9.35 Å². The van der Waals surface area contributed by atoms with Crippen LogP contribution in [0.3, 0.4) is 0 Å². The van der Waals surface area contributed by atoms with Crippen LogP contribution in [0.25, 0.3) is 0 Å². The third kappa shape index (κ3) is 18.6. The molecule has 0 bridgehead atoms. The van der Waals surface area contributed by atoms with E-state index in [9.17, 15) is 38.7 Å². The van der Waals surface area contributed by atoms with Crippen LogP contribution in [0, 0.1) is 0 Å². The van der Waals surface area contributed by atoms with E-state index in [1.165, 1.54) is 57.8 Å². The van der Waals surface area contributed by atoms with E-state index in [1.807, 2.05) is 0 Å². The van der Waals surface area contributed by atoms with Crippen LogP contribution >= 0.6 is 0 Å². The lowest BCUT2D eigenvalue weighted by Crippen LogP contribution is -2.61. The molecule has 1 rings (SSSR count). The Morgan fingerprint density at radius 1 is 0.783 bits per heavy atom. The summed E-state index contributed by atoms with van der Waals surface area (Å²) < 4.78 is 47.1. The minimum atomic E-state index is -5.09. The standard InChI is InChI=1S/C32H63NO12S/c1-3-5-7-9-11-13-15-16-18-20-25(35)24(33-31(39)26(36)21-19-17-14-12-10-8-6-4-2)23-43-32-29(38)30(45-46(40,41)42)28(37)27(22-34)44-32/h24-30,32,34-38H,3-23H2,1-2H3,(H,33,39)(H,40,41,42). The Bertz CT molecular complexity index is 879. The molecule has 0 saturated carbocycles. The Labute approximate surface area is 276 Å². The van der Waals surface area contributed by atoms with Crippen LogP contribution in [-0.4, -0.2) is 107 Å². The maximum absolute atomic E-state index is 12.9. The maximum atomic E-state index is 12.9. The fourth-order valence-corrected chi connectivity index (χ4v) is 6.15. The SMILES string of the molecule is CCCCCCCCCCCC(O)C(COC1OC(CO)C(O)C(OS(=O)(=O)O)C1O)NC(=O)C(O)CCCCCCCCCC. The molecule has 13 nitrogen and oxygen atoms in total. The molecular formula is C32H63NO12S. The van der Waals surface area contributed by atoms with Crippen molar-refractivity contribution in [3.05, 3.63) is 0 Å². The van der Waals surface area contributed by atoms with Gasteiger partial charge in [0.1, 0.15) is 30.5 Å². The summed E-state index contributed by atoms with van der Waals surface area (Å²) in [5.41, 5.74) is 0. The zero-order valence-electron chi connectivity index (χ0n) is 28.0. The number of hydrogen-bond acceptors (Lipinski definition) is 11. The number of nitrogens with one attached hydrogen (secondary N) is 1. The summed E-state index contributed by atoms with van der Waals surface area (Å²) in [5, 5.41) is 54.6. The normalized spacial score (nSPS) is 24.0. The Morgan fingerprint density at radius 3 is 1.74 bits per heavy atom. The molecule has 0 aromatic rings. The first-order valence-electron chi connectivity index (χ1n) is 17.5. The van der Waals surface area contributed by atoms with Gasteiger partial charge in [-0.25, -0.2) is 4.18 Å². The predicted molar refractivity (Wildman–Crippen MR) is 173 cm³/mol. The first kappa shape index (κ1) is 43.1. The quantitative estimate of drug-likeness (QED) is 0.0467. The van der Waals surface area contributed by atoms with Crippen molar-refractivity contribution in [2.45, 2.75) is 185 Å². The Hall–Kier alpha value is -0.940. The van der Waals surface area contributed by atoms with Crippen molar-refractivity contribution in [1.29, 1.82) is 0 Å². The summed E-state index contributed by atoms with van der Waals surface area (Å²) in [5.74, 6) is -0.677. The molecule has 7 N–H and O–H groups in total. The molecular weight excluding hydrogens is 622 g/mol. The van der Waals surface area contributed by atoms with Crippen molar-refractivity contribution in [2.75, 3.05) is 13.2 Å². The van der Waals surface area contributed by atoms with Gasteiger partial charge in [-0.05, 0) is 12.8 Å². The molecule has 0 radical (unpaired) electrons. The van der Waals surface area contributed by atoms with Crippen molar-refractivity contribution in [3.8, 4) is 0 Å². The molecule has 0 spiro atoms. The number of aliphatic hydroxyl groups excluding tert-OH is 5. The van der Waals surface area contributed by atoms with Gasteiger partial charge >= 0.3 is 10.4 Å². The van der Waals surface area contributed by atoms with Crippen molar-refractivity contribution in [1.82, 2.24) is 5.32 Å². The van der Waals surface area contributed by atoms with Gasteiger partial charge in [-0.2, -0.15) is 8.42 Å². The number of ether oxygens (including phenoxy) is 2. The molecule has 0 aromatic carbocycles. The van der Waals surface area contributed by atoms with Crippen LogP contribution in [0.15, 0.2) is 0 Å². The summed E-state index contributed by atoms with van der Waals surface area (Å²) >= 11 is 0. The molecule has 46 heavy (non-hydrogen) atoms. The summed E-state index contributed by atoms with van der Waals surface area (Å²) in [6.45, 7) is 3.15. The van der Waals surface area contributed by atoms with Gasteiger partial charge in [0.05, 0.1) is 25.4 Å². The third-order valence-electron chi connectivity index (χ3n) is 8.52. The van der Waals surface area contributed by atoms with E-state index >= 15 is 0 Å². The van der Waals surface area contributed by atoms with Gasteiger partial charge in [0.2, 0.25) is 5.91 Å². The summed E-state index contributed by atoms with van der Waals surface area (Å²) in [6, 6.07) is -1.02. The van der Waals surface area contributed by atoms with Crippen LogP contribution in [0.1, 0.15) is 136 Å². The maximum Gasteiger partial charge on any atom is 0.397 e. The number of unbranched alkanes of at least 4 members (excludes halogenated alkanes) is 15. The molecule has 14 heteroatoms. The van der Waals surface area contributed by atoms with Crippen molar-refractivity contribution in [2.24, 2.45) is 0 Å². The second-order valence-corrected chi connectivity index (χ2v) is 13.7. The van der Waals surface area contributed by atoms with E-state index < -0.39 is 78.5 Å². The molecule has 1 fully saturated rings. The van der Waals surface area contributed by atoms with Gasteiger partial charge in [-0.15, -0.1) is 0 Å². The van der Waals surface area contributed by atoms with Crippen LogP contribution in [0.5, 0.6) is 0 Å². The van der Waals surface area contributed by atoms with Crippen LogP contribution in [-0.2, 0) is 28.9 Å². The Kier molecular flexibility index (Phi) is 23.5. The molecule has 274 valence electrons. The second kappa shape index (κ2) is 25.1. The molecule has 1 aliphatic rings. The topological polar surface area (TPSA) is 212 Å². The second-order valence-electron chi connectivity index (χ2n) is 12.6. The Balaban J connectivity index is 2.75. The number of hydrogen-bond donors (Lipinski definition) is 7. The highest BCUT2D eigenvalue weighted by molar-refractivity contribution is 7.80. The van der Waals surface area contributed by atoms with Gasteiger partial charge < -0.3 is 40.3 Å². The van der Waals surface area contributed by atoms with E-state index in [0.29, 0.717) is 19.3 Å². The molecule has 0 aromatic heterocycles. The molecule has 8 unspecified atom stereocenters. The lowest BCUT2D eigenvalue weighted by atomic mass is 9.99. The lowest BCUT2D eigenvalue weighted by Gasteiger charge is -2.41. The summed E-state index contributed by atoms with van der Waals surface area (Å²) in [6.07, 6.45) is 7.79. The monoisotopic (exact) mass is 685 g/mol. The molecule has 8 atom stereocenters. The van der Waals surface area contributed by atoms with Crippen LogP contribution < -0.4 is 5.32 Å². The molecule has 0 aliphatic carbocycles. The number of carbonyl (C=O) groups excluding carboxylic acids is 1. The first-order chi connectivity index (χ1) is 21.9. The average molecular weight is 686 g/mol. The highest BCUT2D eigenvalue weighted by Crippen LogP contribution is 2.26. The zero-order valence-corrected chi connectivity index (χ0v) is 28.8. The van der Waals surface area contributed by atoms with E-state index in [0.717, 1.165) is 38.5 Å².